The van der Waals surface area contributed by atoms with Crippen LogP contribution in [-0.2, 0) is 10.0 Å². The summed E-state index contributed by atoms with van der Waals surface area (Å²) in [6.07, 6.45) is 0. The Labute approximate surface area is 115 Å². The second kappa shape index (κ2) is 5.48. The first-order valence-corrected chi connectivity index (χ1v) is 7.58. The molecular weight excluding hydrogens is 262 g/mol. The molecule has 0 atom stereocenters. The molecule has 0 aliphatic heterocycles. The molecule has 1 rings (SSSR count). The van der Waals surface area contributed by atoms with Crippen LogP contribution in [0.2, 0.25) is 0 Å². The smallest absolute Gasteiger partial charge is 0.240 e. The molecule has 0 aliphatic carbocycles. The number of sulfonamides is 1. The van der Waals surface area contributed by atoms with Gasteiger partial charge in [0.25, 0.3) is 0 Å². The first-order chi connectivity index (χ1) is 8.56. The molecule has 5 nitrogen and oxygen atoms in total. The van der Waals surface area contributed by atoms with E-state index in [2.05, 4.69) is 4.72 Å². The summed E-state index contributed by atoms with van der Waals surface area (Å²) in [5.41, 5.74) is 6.84. The molecule has 0 radical (unpaired) electrons. The van der Waals surface area contributed by atoms with Gasteiger partial charge in [0.2, 0.25) is 10.0 Å². The number of nitrogens with two attached hydrogens (primary N) is 1. The van der Waals surface area contributed by atoms with Gasteiger partial charge >= 0.3 is 0 Å². The molecule has 108 valence electrons. The van der Waals surface area contributed by atoms with Crippen LogP contribution in [0.15, 0.2) is 23.1 Å². The summed E-state index contributed by atoms with van der Waals surface area (Å²) in [4.78, 5) is 2.17. The van der Waals surface area contributed by atoms with Crippen molar-refractivity contribution in [1.29, 1.82) is 0 Å². The summed E-state index contributed by atoms with van der Waals surface area (Å²) in [7, 11) is 0.307. The van der Waals surface area contributed by atoms with Crippen LogP contribution in [0.5, 0.6) is 0 Å². The number of likely N-dealkylation sites (N-methyl/N-ethyl adjacent to an activating group) is 1. The maximum absolute atomic E-state index is 12.2. The minimum Gasteiger partial charge on any atom is -0.398 e. The summed E-state index contributed by atoms with van der Waals surface area (Å²) < 4.78 is 27.0. The summed E-state index contributed by atoms with van der Waals surface area (Å²) in [5.74, 6) is 0. The Morgan fingerprint density at radius 1 is 1.32 bits per heavy atom. The Kier molecular flexibility index (Phi) is 4.60. The topological polar surface area (TPSA) is 75.4 Å². The van der Waals surface area contributed by atoms with E-state index in [1.807, 2.05) is 39.8 Å². The third-order valence-corrected chi connectivity index (χ3v) is 4.87. The van der Waals surface area contributed by atoms with Crippen molar-refractivity contribution in [3.8, 4) is 0 Å². The van der Waals surface area contributed by atoms with Crippen molar-refractivity contribution < 1.29 is 8.42 Å². The van der Waals surface area contributed by atoms with Gasteiger partial charge in [-0.25, -0.2) is 13.1 Å². The van der Waals surface area contributed by atoms with E-state index in [0.717, 1.165) is 5.56 Å². The van der Waals surface area contributed by atoms with Crippen molar-refractivity contribution in [2.24, 2.45) is 0 Å². The zero-order valence-corrected chi connectivity index (χ0v) is 13.0. The van der Waals surface area contributed by atoms with Crippen molar-refractivity contribution in [3.63, 3.8) is 0 Å². The number of hydrogen-bond acceptors (Lipinski definition) is 4. The molecule has 0 heterocycles. The Balaban J connectivity index is 2.90. The number of anilines is 1. The Hall–Kier alpha value is -1.11. The van der Waals surface area contributed by atoms with Gasteiger partial charge < -0.3 is 10.6 Å². The molecule has 0 saturated carbocycles. The van der Waals surface area contributed by atoms with Crippen LogP contribution in [0.25, 0.3) is 0 Å². The number of nitrogens with one attached hydrogen (secondary N) is 1. The Morgan fingerprint density at radius 2 is 1.89 bits per heavy atom. The third kappa shape index (κ3) is 3.92. The van der Waals surface area contributed by atoms with E-state index in [0.29, 0.717) is 12.2 Å². The molecule has 0 saturated heterocycles. The number of nitrogens with zero attached hydrogens (tertiary/aromatic N) is 1. The van der Waals surface area contributed by atoms with Gasteiger partial charge in [0.05, 0.1) is 4.90 Å². The van der Waals surface area contributed by atoms with Crippen LogP contribution in [0, 0.1) is 6.92 Å². The second-order valence-electron chi connectivity index (χ2n) is 5.55. The maximum Gasteiger partial charge on any atom is 0.240 e. The Bertz CT molecular complexity index is 551. The molecule has 0 aliphatic rings. The van der Waals surface area contributed by atoms with Crippen molar-refractivity contribution in [1.82, 2.24) is 9.62 Å². The highest BCUT2D eigenvalue weighted by atomic mass is 32.2. The molecule has 0 aromatic heterocycles. The monoisotopic (exact) mass is 285 g/mol. The number of aryl methyl sites for hydroxylation is 1. The highest BCUT2D eigenvalue weighted by Gasteiger charge is 2.24. The van der Waals surface area contributed by atoms with E-state index in [1.165, 1.54) is 6.07 Å². The molecule has 1 aromatic rings. The van der Waals surface area contributed by atoms with Gasteiger partial charge in [-0.1, -0.05) is 6.07 Å². The lowest BCUT2D eigenvalue weighted by Gasteiger charge is -2.32. The molecular formula is C13H23N3O2S. The van der Waals surface area contributed by atoms with Crippen LogP contribution < -0.4 is 10.5 Å². The summed E-state index contributed by atoms with van der Waals surface area (Å²) in [5, 5.41) is 0. The minimum absolute atomic E-state index is 0.199. The van der Waals surface area contributed by atoms with Crippen molar-refractivity contribution in [2.75, 3.05) is 26.4 Å². The van der Waals surface area contributed by atoms with Crippen molar-refractivity contribution in [3.05, 3.63) is 23.8 Å². The molecule has 19 heavy (non-hydrogen) atoms. The second-order valence-corrected chi connectivity index (χ2v) is 7.32. The average molecular weight is 285 g/mol. The van der Waals surface area contributed by atoms with Crippen LogP contribution in [0.3, 0.4) is 0 Å². The van der Waals surface area contributed by atoms with E-state index < -0.39 is 10.0 Å². The normalized spacial score (nSPS) is 12.9. The summed E-state index contributed by atoms with van der Waals surface area (Å²) in [6.45, 7) is 6.11. The maximum atomic E-state index is 12.2. The number of nitrogen functional groups attached to an aromatic ring is 1. The zero-order chi connectivity index (χ0) is 14.8. The highest BCUT2D eigenvalue weighted by Crippen LogP contribution is 2.18. The fourth-order valence-electron chi connectivity index (χ4n) is 1.30. The van der Waals surface area contributed by atoms with E-state index >= 15 is 0 Å². The number of rotatable bonds is 5. The molecule has 6 heteroatoms. The number of benzene rings is 1. The van der Waals surface area contributed by atoms with Crippen LogP contribution in [-0.4, -0.2) is 39.5 Å². The molecule has 0 amide bonds. The molecule has 0 bridgehead atoms. The first kappa shape index (κ1) is 15.9. The molecule has 0 unspecified atom stereocenters. The van der Waals surface area contributed by atoms with Crippen LogP contribution in [0.1, 0.15) is 19.4 Å². The predicted octanol–water partition coefficient (Wildman–Crippen LogP) is 1.20. The van der Waals surface area contributed by atoms with Crippen molar-refractivity contribution in [2.45, 2.75) is 31.2 Å². The predicted molar refractivity (Wildman–Crippen MR) is 78.5 cm³/mol. The first-order valence-electron chi connectivity index (χ1n) is 6.09. The quantitative estimate of drug-likeness (QED) is 0.797. The average Bonchev–Trinajstić information content (AvgIpc) is 2.30. The van der Waals surface area contributed by atoms with Gasteiger partial charge in [-0.2, -0.15) is 0 Å². The fourth-order valence-corrected chi connectivity index (χ4v) is 2.54. The minimum atomic E-state index is -3.52. The largest absolute Gasteiger partial charge is 0.398 e. The molecule has 1 aromatic carbocycles. The lowest BCUT2D eigenvalue weighted by molar-refractivity contribution is 0.199. The van der Waals surface area contributed by atoms with E-state index in [9.17, 15) is 8.42 Å². The number of hydrogen-bond donors (Lipinski definition) is 2. The van der Waals surface area contributed by atoms with Crippen LogP contribution >= 0.6 is 0 Å². The van der Waals surface area contributed by atoms with Crippen molar-refractivity contribution >= 4 is 15.7 Å². The lowest BCUT2D eigenvalue weighted by Crippen LogP contribution is -2.48. The standard InChI is InChI=1S/C13H23N3O2S/c1-10-6-7-11(8-12(10)14)19(17,18)15-9-13(2,3)16(4)5/h6-8,15H,9,14H2,1-5H3. The van der Waals surface area contributed by atoms with Gasteiger partial charge in [0.1, 0.15) is 0 Å². The fraction of sp³-hybridized carbons (Fsp3) is 0.538. The molecule has 0 fully saturated rings. The highest BCUT2D eigenvalue weighted by molar-refractivity contribution is 7.89. The third-order valence-electron chi connectivity index (χ3n) is 3.47. The van der Waals surface area contributed by atoms with Gasteiger partial charge in [0.15, 0.2) is 0 Å². The Morgan fingerprint density at radius 3 is 2.37 bits per heavy atom. The van der Waals surface area contributed by atoms with E-state index in [-0.39, 0.29) is 10.4 Å². The SMILES string of the molecule is Cc1ccc(S(=O)(=O)NCC(C)(C)N(C)C)cc1N. The summed E-state index contributed by atoms with van der Waals surface area (Å²) in [6, 6.07) is 4.76. The van der Waals surface area contributed by atoms with Gasteiger partial charge in [-0.15, -0.1) is 0 Å². The zero-order valence-electron chi connectivity index (χ0n) is 12.2. The van der Waals surface area contributed by atoms with Gasteiger partial charge in [-0.3, -0.25) is 0 Å². The van der Waals surface area contributed by atoms with E-state index in [1.54, 1.807) is 12.1 Å². The molecule has 0 spiro atoms. The van der Waals surface area contributed by atoms with Gasteiger partial charge in [-0.05, 0) is 52.6 Å². The molecule has 3 N–H and O–H groups in total. The van der Waals surface area contributed by atoms with E-state index in [4.69, 9.17) is 5.73 Å². The van der Waals surface area contributed by atoms with Crippen LogP contribution in [0.4, 0.5) is 5.69 Å². The summed E-state index contributed by atoms with van der Waals surface area (Å²) >= 11 is 0. The lowest BCUT2D eigenvalue weighted by atomic mass is 10.1. The van der Waals surface area contributed by atoms with Gasteiger partial charge in [0, 0.05) is 17.8 Å².